The van der Waals surface area contributed by atoms with E-state index in [4.69, 9.17) is 4.74 Å². The van der Waals surface area contributed by atoms with Crippen molar-refractivity contribution in [1.82, 2.24) is 4.98 Å². The van der Waals surface area contributed by atoms with Gasteiger partial charge in [-0.3, -0.25) is 10.1 Å². The molecule has 0 radical (unpaired) electrons. The summed E-state index contributed by atoms with van der Waals surface area (Å²) in [6, 6.07) is 13.4. The molecule has 136 valence electrons. The van der Waals surface area contributed by atoms with Gasteiger partial charge in [0.1, 0.15) is 5.75 Å². The lowest BCUT2D eigenvalue weighted by Crippen LogP contribution is -2.21. The lowest BCUT2D eigenvalue weighted by Gasteiger charge is -2.20. The molecule has 0 bridgehead atoms. The molecule has 3 aromatic rings. The summed E-state index contributed by atoms with van der Waals surface area (Å²) in [6.07, 6.45) is 0. The topological polar surface area (TPSA) is 54.5 Å². The fourth-order valence-corrected chi connectivity index (χ4v) is 3.69. The molecule has 0 aliphatic carbocycles. The van der Waals surface area contributed by atoms with Crippen LogP contribution in [0.4, 0.5) is 10.8 Å². The van der Waals surface area contributed by atoms with E-state index in [9.17, 15) is 4.79 Å². The van der Waals surface area contributed by atoms with E-state index in [1.54, 1.807) is 0 Å². The second kappa shape index (κ2) is 8.19. The van der Waals surface area contributed by atoms with Gasteiger partial charge in [-0.1, -0.05) is 11.3 Å². The molecule has 0 atom stereocenters. The van der Waals surface area contributed by atoms with Crippen molar-refractivity contribution >= 4 is 38.3 Å². The van der Waals surface area contributed by atoms with Crippen LogP contribution in [0.5, 0.6) is 5.75 Å². The molecule has 0 fully saturated rings. The van der Waals surface area contributed by atoms with Crippen molar-refractivity contribution in [3.63, 3.8) is 0 Å². The first-order chi connectivity index (χ1) is 12.6. The van der Waals surface area contributed by atoms with Crippen LogP contribution in [0, 0.1) is 0 Å². The summed E-state index contributed by atoms with van der Waals surface area (Å²) in [6.45, 7) is 8.70. The van der Waals surface area contributed by atoms with Gasteiger partial charge >= 0.3 is 0 Å². The molecule has 0 aliphatic heterocycles. The molecule has 1 N–H and O–H groups in total. The molecule has 0 unspecified atom stereocenters. The van der Waals surface area contributed by atoms with Crippen LogP contribution < -0.4 is 15.0 Å². The molecule has 1 aromatic heterocycles. The molecule has 0 saturated carbocycles. The van der Waals surface area contributed by atoms with E-state index < -0.39 is 0 Å². The number of hydrogen-bond donors (Lipinski definition) is 1. The van der Waals surface area contributed by atoms with Crippen LogP contribution in [0.1, 0.15) is 31.1 Å². The van der Waals surface area contributed by atoms with Crippen molar-refractivity contribution in [2.75, 3.05) is 29.9 Å². The van der Waals surface area contributed by atoms with Gasteiger partial charge in [-0.2, -0.15) is 0 Å². The lowest BCUT2D eigenvalue weighted by atomic mass is 10.2. The van der Waals surface area contributed by atoms with E-state index in [0.717, 1.165) is 34.7 Å². The van der Waals surface area contributed by atoms with Gasteiger partial charge in [0, 0.05) is 24.3 Å². The minimum absolute atomic E-state index is 0.153. The van der Waals surface area contributed by atoms with Crippen molar-refractivity contribution in [2.45, 2.75) is 20.8 Å². The van der Waals surface area contributed by atoms with E-state index in [0.29, 0.717) is 17.3 Å². The predicted molar refractivity (Wildman–Crippen MR) is 109 cm³/mol. The van der Waals surface area contributed by atoms with Crippen molar-refractivity contribution in [3.8, 4) is 5.75 Å². The average Bonchev–Trinajstić information content (AvgIpc) is 3.05. The maximum atomic E-state index is 12.5. The highest BCUT2D eigenvalue weighted by Crippen LogP contribution is 2.29. The first kappa shape index (κ1) is 18.2. The quantitative estimate of drug-likeness (QED) is 0.650. The number of carbonyl (C=O) groups excluding carboxylic acids is 1. The van der Waals surface area contributed by atoms with Crippen molar-refractivity contribution in [2.24, 2.45) is 0 Å². The molecule has 5 nitrogen and oxygen atoms in total. The summed E-state index contributed by atoms with van der Waals surface area (Å²) < 4.78 is 6.50. The smallest absolute Gasteiger partial charge is 0.257 e. The maximum absolute atomic E-state index is 12.5. The zero-order valence-corrected chi connectivity index (χ0v) is 16.1. The Morgan fingerprint density at radius 3 is 2.50 bits per heavy atom. The fraction of sp³-hybridized carbons (Fsp3) is 0.300. The largest absolute Gasteiger partial charge is 0.494 e. The number of benzene rings is 2. The molecule has 0 saturated heterocycles. The zero-order chi connectivity index (χ0) is 18.5. The minimum Gasteiger partial charge on any atom is -0.494 e. The molecular weight excluding hydrogens is 346 g/mol. The highest BCUT2D eigenvalue weighted by Gasteiger charge is 2.11. The second-order valence-corrected chi connectivity index (χ2v) is 6.79. The van der Waals surface area contributed by atoms with Crippen LogP contribution in [-0.4, -0.2) is 30.6 Å². The van der Waals surface area contributed by atoms with E-state index in [2.05, 4.69) is 29.0 Å². The Hall–Kier alpha value is -2.60. The van der Waals surface area contributed by atoms with E-state index >= 15 is 0 Å². The fourth-order valence-electron chi connectivity index (χ4n) is 2.80. The highest BCUT2D eigenvalue weighted by atomic mass is 32.1. The summed E-state index contributed by atoms with van der Waals surface area (Å²) in [5.74, 6) is 0.661. The van der Waals surface area contributed by atoms with Gasteiger partial charge in [-0.15, -0.1) is 0 Å². The second-order valence-electron chi connectivity index (χ2n) is 5.75. The third-order valence-electron chi connectivity index (χ3n) is 4.15. The number of nitrogens with zero attached hydrogens (tertiary/aromatic N) is 2. The van der Waals surface area contributed by atoms with E-state index in [1.165, 1.54) is 11.3 Å². The molecule has 1 heterocycles. The number of nitrogens with one attached hydrogen (secondary N) is 1. The van der Waals surface area contributed by atoms with Gasteiger partial charge < -0.3 is 9.64 Å². The molecule has 26 heavy (non-hydrogen) atoms. The summed E-state index contributed by atoms with van der Waals surface area (Å²) in [5.41, 5.74) is 2.59. The van der Waals surface area contributed by atoms with E-state index in [1.807, 2.05) is 49.4 Å². The highest BCUT2D eigenvalue weighted by molar-refractivity contribution is 7.22. The SMILES string of the molecule is CCOc1ccc2nc(NC(=O)c3ccc(N(CC)CC)cc3)sc2c1. The Kier molecular flexibility index (Phi) is 5.73. The molecule has 0 aliphatic rings. The minimum atomic E-state index is -0.153. The Labute approximate surface area is 157 Å². The first-order valence-electron chi connectivity index (χ1n) is 8.84. The Morgan fingerprint density at radius 1 is 1.12 bits per heavy atom. The normalized spacial score (nSPS) is 10.7. The Bertz CT molecular complexity index is 886. The molecule has 3 rings (SSSR count). The van der Waals surface area contributed by atoms with Crippen molar-refractivity contribution in [3.05, 3.63) is 48.0 Å². The maximum Gasteiger partial charge on any atom is 0.257 e. The van der Waals surface area contributed by atoms with Crippen LogP contribution in [0.15, 0.2) is 42.5 Å². The van der Waals surface area contributed by atoms with Gasteiger partial charge in [0.05, 0.1) is 16.8 Å². The first-order valence-corrected chi connectivity index (χ1v) is 9.66. The van der Waals surface area contributed by atoms with Crippen LogP contribution in [-0.2, 0) is 0 Å². The van der Waals surface area contributed by atoms with Gasteiger partial charge in [0.25, 0.3) is 5.91 Å². The number of hydrogen-bond acceptors (Lipinski definition) is 5. The van der Waals surface area contributed by atoms with Crippen LogP contribution in [0.3, 0.4) is 0 Å². The Morgan fingerprint density at radius 2 is 1.85 bits per heavy atom. The molecule has 6 heteroatoms. The van der Waals surface area contributed by atoms with Crippen LogP contribution in [0.2, 0.25) is 0 Å². The molecule has 1 amide bonds. The summed E-state index contributed by atoms with van der Waals surface area (Å²) in [5, 5.41) is 3.48. The van der Waals surface area contributed by atoms with Gasteiger partial charge in [-0.25, -0.2) is 4.98 Å². The number of ether oxygens (including phenoxy) is 1. The van der Waals surface area contributed by atoms with Gasteiger partial charge in [0.2, 0.25) is 0 Å². The van der Waals surface area contributed by atoms with Gasteiger partial charge in [0.15, 0.2) is 5.13 Å². The molecule has 0 spiro atoms. The number of aromatic nitrogens is 1. The number of carbonyl (C=O) groups is 1. The van der Waals surface area contributed by atoms with Crippen LogP contribution in [0.25, 0.3) is 10.2 Å². The van der Waals surface area contributed by atoms with Crippen molar-refractivity contribution < 1.29 is 9.53 Å². The van der Waals surface area contributed by atoms with Crippen molar-refractivity contribution in [1.29, 1.82) is 0 Å². The molecular formula is C20H23N3O2S. The predicted octanol–water partition coefficient (Wildman–Crippen LogP) is 4.79. The van der Waals surface area contributed by atoms with Crippen LogP contribution >= 0.6 is 11.3 Å². The number of thiazole rings is 1. The lowest BCUT2D eigenvalue weighted by molar-refractivity contribution is 0.102. The summed E-state index contributed by atoms with van der Waals surface area (Å²) in [4.78, 5) is 19.2. The number of amides is 1. The number of anilines is 2. The zero-order valence-electron chi connectivity index (χ0n) is 15.3. The summed E-state index contributed by atoms with van der Waals surface area (Å²) >= 11 is 1.44. The van der Waals surface area contributed by atoms with Gasteiger partial charge in [-0.05, 0) is 63.2 Å². The molecule has 2 aromatic carbocycles. The Balaban J connectivity index is 1.74. The summed E-state index contributed by atoms with van der Waals surface area (Å²) in [7, 11) is 0. The number of rotatable bonds is 7. The van der Waals surface area contributed by atoms with E-state index in [-0.39, 0.29) is 5.91 Å². The number of fused-ring (bicyclic) bond motifs is 1. The average molecular weight is 369 g/mol. The third kappa shape index (κ3) is 3.96. The standard InChI is InChI=1S/C20H23N3O2S/c1-4-23(5-2)15-9-7-14(8-10-15)19(24)22-20-21-17-12-11-16(25-6-3)13-18(17)26-20/h7-13H,4-6H2,1-3H3,(H,21,22,24). The third-order valence-corrected chi connectivity index (χ3v) is 5.08. The monoisotopic (exact) mass is 369 g/mol.